The van der Waals surface area contributed by atoms with Gasteiger partial charge in [-0.2, -0.15) is 0 Å². The second-order valence-corrected chi connectivity index (χ2v) is 6.46. The molecule has 2 aliphatic carbocycles. The highest BCUT2D eigenvalue weighted by Gasteiger charge is 2.34. The first-order valence-corrected chi connectivity index (χ1v) is 7.96. The van der Waals surface area contributed by atoms with Crippen molar-refractivity contribution >= 4 is 5.69 Å². The fourth-order valence-electron chi connectivity index (χ4n) is 3.49. The molecule has 2 N–H and O–H groups in total. The van der Waals surface area contributed by atoms with E-state index in [0.29, 0.717) is 5.92 Å². The molecular weight excluding hydrogens is 256 g/mol. The van der Waals surface area contributed by atoms with Crippen LogP contribution >= 0.6 is 0 Å². The van der Waals surface area contributed by atoms with E-state index in [1.54, 1.807) is 5.56 Å². The van der Waals surface area contributed by atoms with Crippen LogP contribution < -0.4 is 5.73 Å². The van der Waals surface area contributed by atoms with Crippen molar-refractivity contribution in [3.63, 3.8) is 0 Å². The number of hydrogen-bond acceptors (Lipinski definition) is 2. The van der Waals surface area contributed by atoms with Gasteiger partial charge in [0.25, 0.3) is 0 Å². The molecule has 0 aromatic heterocycles. The summed E-state index contributed by atoms with van der Waals surface area (Å²) in [5.74, 6) is 0.715. The van der Waals surface area contributed by atoms with E-state index in [0.717, 1.165) is 18.3 Å². The van der Waals surface area contributed by atoms with E-state index in [1.165, 1.54) is 36.9 Å². The highest BCUT2D eigenvalue weighted by atomic mass is 15.2. The van der Waals surface area contributed by atoms with Crippen molar-refractivity contribution < 1.29 is 0 Å². The third-order valence-electron chi connectivity index (χ3n) is 4.91. The van der Waals surface area contributed by atoms with Gasteiger partial charge in [0, 0.05) is 30.7 Å². The number of nitrogens with zero attached hydrogens (tertiary/aromatic N) is 1. The number of rotatable bonds is 5. The molecule has 4 rings (SSSR count). The van der Waals surface area contributed by atoms with Crippen LogP contribution in [0.5, 0.6) is 0 Å². The smallest absolute Gasteiger partial charge is 0.0359 e. The van der Waals surface area contributed by atoms with Gasteiger partial charge in [-0.15, -0.1) is 0 Å². The lowest BCUT2D eigenvalue weighted by atomic mass is 9.77. The first-order valence-electron chi connectivity index (χ1n) is 7.96. The minimum absolute atomic E-state index is 0.715. The third kappa shape index (κ3) is 2.56. The van der Waals surface area contributed by atoms with Crippen molar-refractivity contribution in [2.45, 2.75) is 37.8 Å². The van der Waals surface area contributed by atoms with Crippen molar-refractivity contribution in [2.75, 3.05) is 12.3 Å². The predicted octanol–water partition coefficient (Wildman–Crippen LogP) is 3.57. The zero-order chi connectivity index (χ0) is 14.2. The van der Waals surface area contributed by atoms with Crippen LogP contribution in [0.15, 0.2) is 48.5 Å². The van der Waals surface area contributed by atoms with Gasteiger partial charge in [0.1, 0.15) is 0 Å². The number of benzene rings is 2. The van der Waals surface area contributed by atoms with Gasteiger partial charge in [0.05, 0.1) is 0 Å². The van der Waals surface area contributed by atoms with Gasteiger partial charge in [-0.3, -0.25) is 4.90 Å². The summed E-state index contributed by atoms with van der Waals surface area (Å²) in [5.41, 5.74) is 11.4. The van der Waals surface area contributed by atoms with Gasteiger partial charge in [-0.05, 0) is 42.0 Å². The number of para-hydroxylation sites is 1. The van der Waals surface area contributed by atoms with Crippen LogP contribution in [0.25, 0.3) is 0 Å². The molecule has 2 aromatic rings. The number of fused-ring (bicyclic) bond motifs is 1. The zero-order valence-corrected chi connectivity index (χ0v) is 12.3. The average molecular weight is 278 g/mol. The van der Waals surface area contributed by atoms with Gasteiger partial charge in [0.15, 0.2) is 0 Å². The average Bonchev–Trinajstić information content (AvgIpc) is 3.30. The van der Waals surface area contributed by atoms with E-state index in [1.807, 2.05) is 12.1 Å². The van der Waals surface area contributed by atoms with Crippen molar-refractivity contribution in [3.8, 4) is 0 Å². The standard InChI is InChI=1S/C19H22N2/c20-19-8-4-2-6-15(19)12-21(17-9-10-17)13-16-11-14-5-1-3-7-18(14)16/h1-8,16-17H,9-13,20H2. The summed E-state index contributed by atoms with van der Waals surface area (Å²) < 4.78 is 0. The summed E-state index contributed by atoms with van der Waals surface area (Å²) >= 11 is 0. The van der Waals surface area contributed by atoms with E-state index >= 15 is 0 Å². The maximum absolute atomic E-state index is 6.12. The Hall–Kier alpha value is -1.80. The quantitative estimate of drug-likeness (QED) is 0.847. The summed E-state index contributed by atoms with van der Waals surface area (Å²) in [6, 6.07) is 17.9. The monoisotopic (exact) mass is 278 g/mol. The minimum atomic E-state index is 0.715. The maximum atomic E-state index is 6.12. The highest BCUT2D eigenvalue weighted by molar-refractivity contribution is 5.46. The number of hydrogen-bond donors (Lipinski definition) is 1. The highest BCUT2D eigenvalue weighted by Crippen LogP contribution is 2.38. The van der Waals surface area contributed by atoms with Crippen molar-refractivity contribution in [1.82, 2.24) is 4.90 Å². The molecule has 1 fully saturated rings. The molecule has 2 aromatic carbocycles. The molecule has 1 saturated carbocycles. The topological polar surface area (TPSA) is 29.3 Å². The van der Waals surface area contributed by atoms with E-state index in [-0.39, 0.29) is 0 Å². The van der Waals surface area contributed by atoms with Crippen LogP contribution in [-0.2, 0) is 13.0 Å². The van der Waals surface area contributed by atoms with E-state index in [2.05, 4.69) is 41.3 Å². The summed E-state index contributed by atoms with van der Waals surface area (Å²) in [7, 11) is 0. The Kier molecular flexibility index (Phi) is 3.19. The molecule has 108 valence electrons. The molecule has 21 heavy (non-hydrogen) atoms. The lowest BCUT2D eigenvalue weighted by Gasteiger charge is -2.35. The minimum Gasteiger partial charge on any atom is -0.398 e. The predicted molar refractivity (Wildman–Crippen MR) is 87.2 cm³/mol. The zero-order valence-electron chi connectivity index (χ0n) is 12.3. The molecule has 0 saturated heterocycles. The molecule has 2 heteroatoms. The molecule has 2 aliphatic rings. The van der Waals surface area contributed by atoms with E-state index in [4.69, 9.17) is 5.73 Å². The van der Waals surface area contributed by atoms with Gasteiger partial charge in [0.2, 0.25) is 0 Å². The van der Waals surface area contributed by atoms with Crippen LogP contribution in [0.1, 0.15) is 35.4 Å². The van der Waals surface area contributed by atoms with Crippen LogP contribution in [0.2, 0.25) is 0 Å². The van der Waals surface area contributed by atoms with E-state index < -0.39 is 0 Å². The Bertz CT molecular complexity index is 646. The molecule has 1 atom stereocenters. The van der Waals surface area contributed by atoms with Gasteiger partial charge < -0.3 is 5.73 Å². The molecule has 0 spiro atoms. The Labute approximate surface area is 126 Å². The Morgan fingerprint density at radius 3 is 2.52 bits per heavy atom. The van der Waals surface area contributed by atoms with E-state index in [9.17, 15) is 0 Å². The van der Waals surface area contributed by atoms with Crippen molar-refractivity contribution in [2.24, 2.45) is 0 Å². The van der Waals surface area contributed by atoms with Crippen LogP contribution in [0.4, 0.5) is 5.69 Å². The Morgan fingerprint density at radius 2 is 1.76 bits per heavy atom. The molecule has 0 radical (unpaired) electrons. The maximum Gasteiger partial charge on any atom is 0.0359 e. The summed E-state index contributed by atoms with van der Waals surface area (Å²) in [6.45, 7) is 2.17. The third-order valence-corrected chi connectivity index (χ3v) is 4.91. The summed E-state index contributed by atoms with van der Waals surface area (Å²) in [5, 5.41) is 0. The lowest BCUT2D eigenvalue weighted by Crippen LogP contribution is -2.34. The molecule has 0 heterocycles. The number of anilines is 1. The van der Waals surface area contributed by atoms with Gasteiger partial charge >= 0.3 is 0 Å². The van der Waals surface area contributed by atoms with Crippen LogP contribution in [-0.4, -0.2) is 17.5 Å². The Morgan fingerprint density at radius 1 is 1.00 bits per heavy atom. The lowest BCUT2D eigenvalue weighted by molar-refractivity contribution is 0.230. The Balaban J connectivity index is 1.48. The summed E-state index contributed by atoms with van der Waals surface area (Å²) in [6.07, 6.45) is 3.94. The second kappa shape index (κ2) is 5.19. The van der Waals surface area contributed by atoms with Crippen molar-refractivity contribution in [3.05, 3.63) is 65.2 Å². The molecular formula is C19H22N2. The molecule has 0 amide bonds. The van der Waals surface area contributed by atoms with Gasteiger partial charge in [-0.1, -0.05) is 42.5 Å². The molecule has 0 aliphatic heterocycles. The number of nitrogen functional groups attached to an aromatic ring is 1. The fourth-order valence-corrected chi connectivity index (χ4v) is 3.49. The van der Waals surface area contributed by atoms with Crippen LogP contribution in [0.3, 0.4) is 0 Å². The number of nitrogens with two attached hydrogens (primary N) is 1. The van der Waals surface area contributed by atoms with Crippen molar-refractivity contribution in [1.29, 1.82) is 0 Å². The molecule has 1 unspecified atom stereocenters. The fraction of sp³-hybridized carbons (Fsp3) is 0.368. The molecule has 2 nitrogen and oxygen atoms in total. The van der Waals surface area contributed by atoms with Crippen LogP contribution in [0, 0.1) is 0 Å². The largest absolute Gasteiger partial charge is 0.398 e. The van der Waals surface area contributed by atoms with Gasteiger partial charge in [-0.25, -0.2) is 0 Å². The summed E-state index contributed by atoms with van der Waals surface area (Å²) in [4.78, 5) is 2.65. The molecule has 0 bridgehead atoms. The first kappa shape index (κ1) is 12.9. The second-order valence-electron chi connectivity index (χ2n) is 6.46. The SMILES string of the molecule is Nc1ccccc1CN(CC1Cc2ccccc21)C1CC1. The normalized spacial score (nSPS) is 20.1. The first-order chi connectivity index (χ1) is 10.3.